The van der Waals surface area contributed by atoms with Crippen LogP contribution < -0.4 is 34.4 Å². The fraction of sp³-hybridized carbons (Fsp3) is 0.429. The highest BCUT2D eigenvalue weighted by Crippen LogP contribution is 1.25. The molecule has 0 bridgehead atoms. The van der Waals surface area contributed by atoms with E-state index in [0.29, 0.717) is 39.3 Å². The van der Waals surface area contributed by atoms with Gasteiger partial charge in [-0.1, -0.05) is 0 Å². The maximum atomic E-state index is 4.90. The fourth-order valence-electron chi connectivity index (χ4n) is 0. The van der Waals surface area contributed by atoms with Gasteiger partial charge in [0.25, 0.3) is 0 Å². The fourth-order valence-corrected chi connectivity index (χ4v) is 0. The molecule has 0 fully saturated rings. The Morgan fingerprint density at radius 3 is 0.350 bits per heavy atom. The summed E-state index contributed by atoms with van der Waals surface area (Å²) in [5.74, 6) is 0. The van der Waals surface area contributed by atoms with Crippen molar-refractivity contribution < 1.29 is 0 Å². The molecule has 0 atom stereocenters. The minimum absolute atomic E-state index is 0.597. The lowest BCUT2D eigenvalue weighted by atomic mass is 10.7. The van der Waals surface area contributed by atoms with Crippen LogP contribution in [-0.4, -0.2) is 39.3 Å². The molecule has 12 N–H and O–H groups in total. The van der Waals surface area contributed by atoms with Crippen LogP contribution in [0.2, 0.25) is 0 Å². The Balaban J connectivity index is -0.0000000204. The number of hydrogen-bond acceptors (Lipinski definition) is 6. The highest BCUT2D eigenvalue weighted by molar-refractivity contribution is 4.27. The van der Waals surface area contributed by atoms with E-state index in [2.05, 4.69) is 52.6 Å². The van der Waals surface area contributed by atoms with E-state index >= 15 is 0 Å². The summed E-state index contributed by atoms with van der Waals surface area (Å²) in [7, 11) is 0. The van der Waals surface area contributed by atoms with Gasteiger partial charge in [0.15, 0.2) is 0 Å². The van der Waals surface area contributed by atoms with Gasteiger partial charge in [0.1, 0.15) is 0 Å². The molecule has 0 aromatic rings. The average Bonchev–Trinajstić information content (AvgIpc) is 2.61. The van der Waals surface area contributed by atoms with Gasteiger partial charge in [-0.3, -0.25) is 0 Å². The van der Waals surface area contributed by atoms with Gasteiger partial charge in [0, 0.05) is 39.3 Å². The molecule has 0 aliphatic rings. The molecule has 0 heterocycles. The highest BCUT2D eigenvalue weighted by atomic mass is 14.6. The SMILES string of the molecule is C=C.C=C.C=C.C=C.NCCN.NCCN.NCCN. The zero-order valence-corrected chi connectivity index (χ0v) is 13.4. The molecule has 0 amide bonds. The largest absolute Gasteiger partial charge is 0.329 e. The van der Waals surface area contributed by atoms with Crippen molar-refractivity contribution in [1.82, 2.24) is 0 Å². The van der Waals surface area contributed by atoms with Crippen LogP contribution in [0.3, 0.4) is 0 Å². The van der Waals surface area contributed by atoms with Crippen LogP contribution in [0.5, 0.6) is 0 Å². The Morgan fingerprint density at radius 1 is 0.300 bits per heavy atom. The summed E-state index contributed by atoms with van der Waals surface area (Å²) < 4.78 is 0. The van der Waals surface area contributed by atoms with Gasteiger partial charge in [0.05, 0.1) is 0 Å². The van der Waals surface area contributed by atoms with E-state index in [-0.39, 0.29) is 0 Å². The monoisotopic (exact) mass is 292 g/mol. The Morgan fingerprint density at radius 2 is 0.350 bits per heavy atom. The third kappa shape index (κ3) is 1400. The molecule has 0 saturated carbocycles. The number of rotatable bonds is 3. The molecule has 0 aliphatic heterocycles. The molecule has 0 saturated heterocycles. The quantitative estimate of drug-likeness (QED) is 0.399. The van der Waals surface area contributed by atoms with E-state index in [0.717, 1.165) is 0 Å². The first kappa shape index (κ1) is 42.8. The Kier molecular flexibility index (Phi) is 476. The van der Waals surface area contributed by atoms with Gasteiger partial charge in [-0.05, 0) is 0 Å². The van der Waals surface area contributed by atoms with E-state index in [9.17, 15) is 0 Å². The molecule has 126 valence electrons. The van der Waals surface area contributed by atoms with Gasteiger partial charge in [0.2, 0.25) is 0 Å². The lowest BCUT2D eigenvalue weighted by Crippen LogP contribution is -2.11. The van der Waals surface area contributed by atoms with Crippen molar-refractivity contribution in [2.75, 3.05) is 39.3 Å². The van der Waals surface area contributed by atoms with E-state index in [1.165, 1.54) is 0 Å². The summed E-state index contributed by atoms with van der Waals surface area (Å²) in [5, 5.41) is 0. The Labute approximate surface area is 127 Å². The summed E-state index contributed by atoms with van der Waals surface area (Å²) in [6.07, 6.45) is 0. The summed E-state index contributed by atoms with van der Waals surface area (Å²) in [5.41, 5.74) is 29.4. The third-order valence-electron chi connectivity index (χ3n) is 0.500. The van der Waals surface area contributed by atoms with E-state index < -0.39 is 0 Å². The van der Waals surface area contributed by atoms with E-state index in [1.807, 2.05) is 0 Å². The van der Waals surface area contributed by atoms with E-state index in [4.69, 9.17) is 34.4 Å². The first-order chi connectivity index (χ1) is 9.74. The predicted molar refractivity (Wildman–Crippen MR) is 99.3 cm³/mol. The molecule has 6 nitrogen and oxygen atoms in total. The molecule has 0 unspecified atom stereocenters. The maximum Gasteiger partial charge on any atom is 0.00461 e. The second kappa shape index (κ2) is 222. The highest BCUT2D eigenvalue weighted by Gasteiger charge is 1.55. The van der Waals surface area contributed by atoms with Crippen LogP contribution in [-0.2, 0) is 0 Å². The van der Waals surface area contributed by atoms with Crippen LogP contribution in [0.4, 0.5) is 0 Å². The smallest absolute Gasteiger partial charge is 0.00461 e. The summed E-state index contributed by atoms with van der Waals surface area (Å²) >= 11 is 0. The van der Waals surface area contributed by atoms with Crippen molar-refractivity contribution in [2.24, 2.45) is 34.4 Å². The van der Waals surface area contributed by atoms with Crippen LogP contribution in [0.15, 0.2) is 52.6 Å². The molecule has 0 aromatic heterocycles. The molecule has 0 spiro atoms. The zero-order chi connectivity index (χ0) is 18.2. The van der Waals surface area contributed by atoms with Crippen molar-refractivity contribution in [2.45, 2.75) is 0 Å². The average molecular weight is 293 g/mol. The van der Waals surface area contributed by atoms with Crippen molar-refractivity contribution in [3.8, 4) is 0 Å². The van der Waals surface area contributed by atoms with Crippen molar-refractivity contribution in [3.05, 3.63) is 52.6 Å². The van der Waals surface area contributed by atoms with Gasteiger partial charge in [-0.25, -0.2) is 0 Å². The molecule has 0 aliphatic carbocycles. The summed E-state index contributed by atoms with van der Waals surface area (Å²) in [6.45, 7) is 27.6. The molecular weight excluding hydrogens is 252 g/mol. The van der Waals surface area contributed by atoms with Crippen molar-refractivity contribution in [3.63, 3.8) is 0 Å². The second-order valence-electron chi connectivity index (χ2n) is 1.73. The molecule has 0 radical (unpaired) electrons. The standard InChI is InChI=1S/3C2H8N2.4C2H4/c3*3-1-2-4;4*1-2/h3*1-4H2;4*1-2H2. The molecule has 0 aromatic carbocycles. The van der Waals surface area contributed by atoms with E-state index in [1.54, 1.807) is 0 Å². The molecule has 0 rings (SSSR count). The van der Waals surface area contributed by atoms with Gasteiger partial charge >= 0.3 is 0 Å². The van der Waals surface area contributed by atoms with Gasteiger partial charge in [-0.15, -0.1) is 52.6 Å². The van der Waals surface area contributed by atoms with Crippen molar-refractivity contribution >= 4 is 0 Å². The maximum absolute atomic E-state index is 4.90. The number of nitrogens with two attached hydrogens (primary N) is 6. The first-order valence-corrected chi connectivity index (χ1v) is 5.95. The van der Waals surface area contributed by atoms with Crippen LogP contribution in [0.1, 0.15) is 0 Å². The molecule has 6 heteroatoms. The normalized spacial score (nSPS) is 5.30. The van der Waals surface area contributed by atoms with Gasteiger partial charge < -0.3 is 34.4 Å². The summed E-state index contributed by atoms with van der Waals surface area (Å²) in [6, 6.07) is 0. The summed E-state index contributed by atoms with van der Waals surface area (Å²) in [4.78, 5) is 0. The predicted octanol–water partition coefficient (Wildman–Crippen LogP) is -0.0798. The van der Waals surface area contributed by atoms with Crippen LogP contribution in [0.25, 0.3) is 0 Å². The molecular formula is C14H40N6. The third-order valence-corrected chi connectivity index (χ3v) is 0.500. The zero-order valence-electron chi connectivity index (χ0n) is 13.4. The lowest BCUT2D eigenvalue weighted by molar-refractivity contribution is 0.976. The first-order valence-electron chi connectivity index (χ1n) is 5.95. The number of hydrogen-bond donors (Lipinski definition) is 6. The topological polar surface area (TPSA) is 156 Å². The Hall–Kier alpha value is -1.28. The molecule has 20 heavy (non-hydrogen) atoms. The van der Waals surface area contributed by atoms with Gasteiger partial charge in [-0.2, -0.15) is 0 Å². The minimum atomic E-state index is 0.597. The minimum Gasteiger partial charge on any atom is -0.329 e. The van der Waals surface area contributed by atoms with Crippen LogP contribution in [0, 0.1) is 0 Å². The van der Waals surface area contributed by atoms with Crippen molar-refractivity contribution in [1.29, 1.82) is 0 Å². The lowest BCUT2D eigenvalue weighted by Gasteiger charge is -1.72. The Bertz CT molecular complexity index is 60.6. The second-order valence-corrected chi connectivity index (χ2v) is 1.73. The van der Waals surface area contributed by atoms with Crippen LogP contribution >= 0.6 is 0 Å².